The van der Waals surface area contributed by atoms with E-state index in [1.54, 1.807) is 29.7 Å². The predicted octanol–water partition coefficient (Wildman–Crippen LogP) is 4.01. The van der Waals surface area contributed by atoms with Crippen molar-refractivity contribution in [1.82, 2.24) is 10.8 Å². The Labute approximate surface area is 162 Å². The molecule has 8 heteroatoms. The van der Waals surface area contributed by atoms with Gasteiger partial charge in [0.2, 0.25) is 5.91 Å². The molecule has 1 fully saturated rings. The lowest BCUT2D eigenvalue weighted by Crippen LogP contribution is -2.40. The molecule has 1 aliphatic heterocycles. The zero-order valence-electron chi connectivity index (χ0n) is 14.3. The van der Waals surface area contributed by atoms with Gasteiger partial charge in [0.1, 0.15) is 5.83 Å². The largest absolute Gasteiger partial charge is 0.325 e. The normalized spacial score (nSPS) is 19.8. The molecule has 4 N–H and O–H groups in total. The number of anilines is 1. The van der Waals surface area contributed by atoms with Crippen molar-refractivity contribution in [2.75, 3.05) is 18.9 Å². The van der Waals surface area contributed by atoms with E-state index in [9.17, 15) is 9.18 Å². The minimum absolute atomic E-state index is 0.288. The molecule has 5 nitrogen and oxygen atoms in total. The van der Waals surface area contributed by atoms with E-state index >= 15 is 0 Å². The Kier molecular flexibility index (Phi) is 10.2. The monoisotopic (exact) mass is 401 g/mol. The van der Waals surface area contributed by atoms with Crippen LogP contribution in [0.1, 0.15) is 6.42 Å². The van der Waals surface area contributed by atoms with E-state index in [0.29, 0.717) is 28.7 Å². The van der Waals surface area contributed by atoms with Crippen LogP contribution in [0.3, 0.4) is 0 Å². The van der Waals surface area contributed by atoms with Crippen LogP contribution >= 0.6 is 23.2 Å². The van der Waals surface area contributed by atoms with Crippen LogP contribution < -0.4 is 16.1 Å². The van der Waals surface area contributed by atoms with Crippen LogP contribution in [-0.4, -0.2) is 30.7 Å². The lowest BCUT2D eigenvalue weighted by atomic mass is 9.98. The SMILES string of the molecule is C=C(Cl)/C=C\C=C(/F)C1CCNC1C(=O)Nc1cccc(Cl)c1.CNO. The minimum Gasteiger partial charge on any atom is -0.325 e. The molecule has 2 rings (SSSR count). The fraction of sp³-hybridized carbons (Fsp3) is 0.278. The van der Waals surface area contributed by atoms with Gasteiger partial charge < -0.3 is 15.8 Å². The third-order valence-electron chi connectivity index (χ3n) is 3.48. The molecular weight excluding hydrogens is 380 g/mol. The highest BCUT2D eigenvalue weighted by atomic mass is 35.5. The van der Waals surface area contributed by atoms with Gasteiger partial charge in [-0.3, -0.25) is 4.79 Å². The summed E-state index contributed by atoms with van der Waals surface area (Å²) in [7, 11) is 1.43. The van der Waals surface area contributed by atoms with E-state index in [4.69, 9.17) is 28.4 Å². The topological polar surface area (TPSA) is 73.4 Å². The van der Waals surface area contributed by atoms with Crippen molar-refractivity contribution in [2.24, 2.45) is 5.92 Å². The van der Waals surface area contributed by atoms with E-state index in [-0.39, 0.29) is 11.7 Å². The number of halogens is 3. The maximum atomic E-state index is 14.3. The molecule has 142 valence electrons. The first kappa shape index (κ1) is 22.3. The third kappa shape index (κ3) is 7.68. The molecule has 2 unspecified atom stereocenters. The molecule has 1 aromatic carbocycles. The van der Waals surface area contributed by atoms with E-state index in [1.165, 1.54) is 25.3 Å². The van der Waals surface area contributed by atoms with E-state index in [0.717, 1.165) is 0 Å². The lowest BCUT2D eigenvalue weighted by Gasteiger charge is -2.17. The average Bonchev–Trinajstić information content (AvgIpc) is 3.05. The van der Waals surface area contributed by atoms with Crippen LogP contribution in [0.4, 0.5) is 10.1 Å². The maximum Gasteiger partial charge on any atom is 0.242 e. The summed E-state index contributed by atoms with van der Waals surface area (Å²) < 4.78 is 14.3. The fourth-order valence-electron chi connectivity index (χ4n) is 2.43. The molecule has 0 saturated carbocycles. The molecule has 26 heavy (non-hydrogen) atoms. The Balaban J connectivity index is 0.00000105. The number of hydroxylamine groups is 1. The Morgan fingerprint density at radius 2 is 2.19 bits per heavy atom. The number of nitrogens with one attached hydrogen (secondary N) is 3. The van der Waals surface area contributed by atoms with Gasteiger partial charge in [0.15, 0.2) is 0 Å². The summed E-state index contributed by atoms with van der Waals surface area (Å²) in [5.41, 5.74) is 2.33. The zero-order chi connectivity index (χ0) is 19.5. The van der Waals surface area contributed by atoms with Crippen LogP contribution in [0.15, 0.2) is 59.9 Å². The van der Waals surface area contributed by atoms with Gasteiger partial charge in [-0.1, -0.05) is 41.9 Å². The smallest absolute Gasteiger partial charge is 0.242 e. The number of benzene rings is 1. The molecule has 1 heterocycles. The number of carbonyl (C=O) groups excluding carboxylic acids is 1. The predicted molar refractivity (Wildman–Crippen MR) is 104 cm³/mol. The molecule has 0 spiro atoms. The van der Waals surface area contributed by atoms with Crippen LogP contribution in [-0.2, 0) is 4.79 Å². The van der Waals surface area contributed by atoms with Crippen LogP contribution in [0.5, 0.6) is 0 Å². The van der Waals surface area contributed by atoms with Crippen molar-refractivity contribution in [3.05, 3.63) is 65.0 Å². The zero-order valence-corrected chi connectivity index (χ0v) is 15.8. The minimum atomic E-state index is -0.627. The molecule has 0 radical (unpaired) electrons. The van der Waals surface area contributed by atoms with Crippen molar-refractivity contribution in [3.63, 3.8) is 0 Å². The summed E-state index contributed by atoms with van der Waals surface area (Å²) >= 11 is 11.5. The standard InChI is InChI=1S/C17H17Cl2FN2O.CH5NO/c1-11(18)4-2-7-15(20)14-8-9-21-16(14)17(23)22-13-6-3-5-12(19)10-13;1-2-3/h2-7,10,14,16,21H,1,8-9H2,(H,22,23);2-3H,1H3/b4-2-,15-7-;. The highest BCUT2D eigenvalue weighted by Crippen LogP contribution is 2.26. The number of hydrogen-bond acceptors (Lipinski definition) is 4. The van der Waals surface area contributed by atoms with Gasteiger partial charge in [-0.15, -0.1) is 0 Å². The first-order chi connectivity index (χ1) is 12.4. The molecule has 0 aromatic heterocycles. The highest BCUT2D eigenvalue weighted by Gasteiger charge is 2.35. The fourth-order valence-corrected chi connectivity index (χ4v) is 2.69. The molecular formula is C18H22Cl2FN3O2. The summed E-state index contributed by atoms with van der Waals surface area (Å²) in [6, 6.07) is 6.20. The average molecular weight is 402 g/mol. The summed E-state index contributed by atoms with van der Waals surface area (Å²) in [6.07, 6.45) is 4.83. The van der Waals surface area contributed by atoms with Crippen LogP contribution in [0.2, 0.25) is 5.02 Å². The summed E-state index contributed by atoms with van der Waals surface area (Å²) in [5, 5.41) is 13.9. The van der Waals surface area contributed by atoms with Gasteiger partial charge in [0.25, 0.3) is 0 Å². The molecule has 0 aliphatic carbocycles. The quantitative estimate of drug-likeness (QED) is 0.444. The number of hydrogen-bond donors (Lipinski definition) is 4. The van der Waals surface area contributed by atoms with Crippen LogP contribution in [0.25, 0.3) is 0 Å². The molecule has 0 bridgehead atoms. The van der Waals surface area contributed by atoms with Crippen LogP contribution in [0, 0.1) is 5.92 Å². The molecule has 1 aromatic rings. The Hall–Kier alpha value is -1.70. The van der Waals surface area contributed by atoms with Crippen molar-refractivity contribution in [1.29, 1.82) is 0 Å². The van der Waals surface area contributed by atoms with Gasteiger partial charge >= 0.3 is 0 Å². The first-order valence-electron chi connectivity index (χ1n) is 7.87. The van der Waals surface area contributed by atoms with Gasteiger partial charge in [-0.05, 0) is 43.3 Å². The lowest BCUT2D eigenvalue weighted by molar-refractivity contribution is -0.118. The first-order valence-corrected chi connectivity index (χ1v) is 8.63. The van der Waals surface area contributed by atoms with Crippen molar-refractivity contribution < 1.29 is 14.4 Å². The number of rotatable bonds is 5. The van der Waals surface area contributed by atoms with Crippen molar-refractivity contribution in [2.45, 2.75) is 12.5 Å². The van der Waals surface area contributed by atoms with Crippen molar-refractivity contribution >= 4 is 34.8 Å². The molecule has 1 aliphatic rings. The van der Waals surface area contributed by atoms with E-state index in [1.807, 2.05) is 0 Å². The number of carbonyl (C=O) groups is 1. The van der Waals surface area contributed by atoms with Gasteiger partial charge in [-0.2, -0.15) is 0 Å². The number of amides is 1. The maximum absolute atomic E-state index is 14.3. The summed E-state index contributed by atoms with van der Waals surface area (Å²) in [5.74, 6) is -1.16. The Bertz CT molecular complexity index is 680. The Morgan fingerprint density at radius 3 is 2.81 bits per heavy atom. The number of allylic oxidation sites excluding steroid dienone is 4. The van der Waals surface area contributed by atoms with Gasteiger partial charge in [0.05, 0.1) is 6.04 Å². The highest BCUT2D eigenvalue weighted by molar-refractivity contribution is 6.31. The summed E-state index contributed by atoms with van der Waals surface area (Å²) in [4.78, 5) is 12.4. The van der Waals surface area contributed by atoms with E-state index < -0.39 is 12.0 Å². The second kappa shape index (κ2) is 11.8. The third-order valence-corrected chi connectivity index (χ3v) is 3.84. The van der Waals surface area contributed by atoms with Gasteiger partial charge in [-0.25, -0.2) is 9.87 Å². The second-order valence-electron chi connectivity index (χ2n) is 5.41. The molecule has 1 amide bonds. The Morgan fingerprint density at radius 1 is 1.50 bits per heavy atom. The van der Waals surface area contributed by atoms with E-state index in [2.05, 4.69) is 17.2 Å². The summed E-state index contributed by atoms with van der Waals surface area (Å²) in [6.45, 7) is 4.06. The van der Waals surface area contributed by atoms with Crippen molar-refractivity contribution in [3.8, 4) is 0 Å². The van der Waals surface area contributed by atoms with Gasteiger partial charge in [0, 0.05) is 28.7 Å². The molecule has 2 atom stereocenters. The molecule has 1 saturated heterocycles. The second-order valence-corrected chi connectivity index (χ2v) is 6.33.